The first-order chi connectivity index (χ1) is 11.3. The number of hydrogen-bond acceptors (Lipinski definition) is 5. The summed E-state index contributed by atoms with van der Waals surface area (Å²) in [6, 6.07) is 2.91. The van der Waals surface area contributed by atoms with E-state index in [1.54, 1.807) is 6.07 Å². The van der Waals surface area contributed by atoms with Gasteiger partial charge in [0.05, 0.1) is 17.4 Å². The monoisotopic (exact) mass is 360 g/mol. The van der Waals surface area contributed by atoms with Crippen LogP contribution in [0.15, 0.2) is 12.1 Å². The van der Waals surface area contributed by atoms with Gasteiger partial charge in [-0.15, -0.1) is 4.83 Å². The number of hydrogen-bond donors (Lipinski definition) is 2. The van der Waals surface area contributed by atoms with Gasteiger partial charge in [0.2, 0.25) is 10.0 Å². The summed E-state index contributed by atoms with van der Waals surface area (Å²) in [7, 11) is -2.25. The molecule has 0 aliphatic carbocycles. The SMILES string of the molecule is COCc1cc(C)c(F)c(C(=O)NNS(=O)(=O)C2CCOCC2)c1. The van der Waals surface area contributed by atoms with Gasteiger partial charge in [-0.25, -0.2) is 12.8 Å². The third-order valence-electron chi connectivity index (χ3n) is 3.78. The highest BCUT2D eigenvalue weighted by Crippen LogP contribution is 2.17. The molecule has 0 unspecified atom stereocenters. The van der Waals surface area contributed by atoms with Crippen LogP contribution >= 0.6 is 0 Å². The molecule has 1 aliphatic heterocycles. The van der Waals surface area contributed by atoms with Crippen LogP contribution in [0.4, 0.5) is 4.39 Å². The van der Waals surface area contributed by atoms with Gasteiger partial charge in [0.15, 0.2) is 0 Å². The minimum absolute atomic E-state index is 0.217. The van der Waals surface area contributed by atoms with Gasteiger partial charge in [-0.05, 0) is 37.0 Å². The van der Waals surface area contributed by atoms with Crippen molar-refractivity contribution in [3.8, 4) is 0 Å². The van der Waals surface area contributed by atoms with Gasteiger partial charge in [-0.1, -0.05) is 6.07 Å². The van der Waals surface area contributed by atoms with E-state index in [-0.39, 0.29) is 17.7 Å². The first kappa shape index (κ1) is 18.8. The molecule has 24 heavy (non-hydrogen) atoms. The van der Waals surface area contributed by atoms with E-state index in [1.165, 1.54) is 20.1 Å². The van der Waals surface area contributed by atoms with E-state index < -0.39 is 27.0 Å². The van der Waals surface area contributed by atoms with Crippen LogP contribution in [0, 0.1) is 12.7 Å². The molecule has 1 heterocycles. The molecule has 1 fully saturated rings. The summed E-state index contributed by atoms with van der Waals surface area (Å²) >= 11 is 0. The molecule has 1 aromatic rings. The van der Waals surface area contributed by atoms with Gasteiger partial charge in [0.25, 0.3) is 5.91 Å². The first-order valence-electron chi connectivity index (χ1n) is 7.52. The fourth-order valence-corrected chi connectivity index (χ4v) is 3.73. The van der Waals surface area contributed by atoms with E-state index in [0.29, 0.717) is 31.6 Å². The number of methoxy groups -OCH3 is 1. The molecule has 0 atom stereocenters. The number of benzene rings is 1. The molecule has 0 aromatic heterocycles. The molecule has 1 saturated heterocycles. The standard InChI is InChI=1S/C15H21FN2O5S/c1-10-7-11(9-22-2)8-13(14(10)16)15(19)17-18-24(20,21)12-3-5-23-6-4-12/h7-8,12,18H,3-6,9H2,1-2H3,(H,17,19). The van der Waals surface area contributed by atoms with E-state index in [4.69, 9.17) is 9.47 Å². The second-order valence-electron chi connectivity index (χ2n) is 5.62. The van der Waals surface area contributed by atoms with Crippen molar-refractivity contribution < 1.29 is 27.1 Å². The third kappa shape index (κ3) is 4.50. The van der Waals surface area contributed by atoms with E-state index in [2.05, 4.69) is 5.43 Å². The van der Waals surface area contributed by atoms with Gasteiger partial charge >= 0.3 is 0 Å². The highest BCUT2D eigenvalue weighted by molar-refractivity contribution is 7.90. The third-order valence-corrected chi connectivity index (χ3v) is 5.52. The lowest BCUT2D eigenvalue weighted by molar-refractivity contribution is 0.0934. The average Bonchev–Trinajstić information content (AvgIpc) is 2.57. The van der Waals surface area contributed by atoms with E-state index in [0.717, 1.165) is 0 Å². The molecule has 0 bridgehead atoms. The number of carbonyl (C=O) groups is 1. The van der Waals surface area contributed by atoms with Crippen LogP contribution < -0.4 is 10.3 Å². The van der Waals surface area contributed by atoms with Gasteiger partial charge in [0, 0.05) is 20.3 Å². The molecule has 2 rings (SSSR count). The van der Waals surface area contributed by atoms with E-state index in [9.17, 15) is 17.6 Å². The smallest absolute Gasteiger partial charge is 0.269 e. The number of rotatable bonds is 6. The molecular weight excluding hydrogens is 339 g/mol. The maximum absolute atomic E-state index is 14.2. The van der Waals surface area contributed by atoms with Crippen LogP contribution in [-0.4, -0.2) is 39.9 Å². The normalized spacial score (nSPS) is 16.1. The van der Waals surface area contributed by atoms with Crippen molar-refractivity contribution in [2.45, 2.75) is 31.6 Å². The van der Waals surface area contributed by atoms with Crippen molar-refractivity contribution >= 4 is 15.9 Å². The maximum atomic E-state index is 14.2. The largest absolute Gasteiger partial charge is 0.381 e. The predicted molar refractivity (Wildman–Crippen MR) is 85.2 cm³/mol. The molecule has 0 spiro atoms. The molecule has 0 radical (unpaired) electrons. The molecule has 1 aromatic carbocycles. The zero-order valence-corrected chi connectivity index (χ0v) is 14.4. The number of sulfonamides is 1. The minimum atomic E-state index is -3.74. The van der Waals surface area contributed by atoms with Crippen LogP contribution in [0.3, 0.4) is 0 Å². The molecular formula is C15H21FN2O5S. The quantitative estimate of drug-likeness (QED) is 0.739. The summed E-state index contributed by atoms with van der Waals surface area (Å²) in [5.41, 5.74) is 2.74. The minimum Gasteiger partial charge on any atom is -0.381 e. The average molecular weight is 360 g/mol. The zero-order valence-electron chi connectivity index (χ0n) is 13.6. The topological polar surface area (TPSA) is 93.7 Å². The number of halogens is 1. The Hall–Kier alpha value is -1.55. The molecule has 1 amide bonds. The van der Waals surface area contributed by atoms with E-state index in [1.807, 2.05) is 4.83 Å². The number of ether oxygens (including phenoxy) is 2. The van der Waals surface area contributed by atoms with Crippen LogP contribution in [0.1, 0.15) is 34.3 Å². The Morgan fingerprint density at radius 2 is 2.04 bits per heavy atom. The van der Waals surface area contributed by atoms with Crippen molar-refractivity contribution in [2.75, 3.05) is 20.3 Å². The fourth-order valence-electron chi connectivity index (χ4n) is 2.51. The number of carbonyl (C=O) groups excluding carboxylic acids is 1. The Labute approximate surface area is 140 Å². The van der Waals surface area contributed by atoms with Crippen molar-refractivity contribution in [1.82, 2.24) is 10.3 Å². The van der Waals surface area contributed by atoms with Gasteiger partial charge in [0.1, 0.15) is 5.82 Å². The summed E-state index contributed by atoms with van der Waals surface area (Å²) in [6.07, 6.45) is 0.698. The second-order valence-corrected chi connectivity index (χ2v) is 7.58. The summed E-state index contributed by atoms with van der Waals surface area (Å²) in [5.74, 6) is -1.55. The molecule has 7 nitrogen and oxygen atoms in total. The van der Waals surface area contributed by atoms with Gasteiger partial charge in [-0.2, -0.15) is 0 Å². The lowest BCUT2D eigenvalue weighted by Crippen LogP contribution is -2.47. The Morgan fingerprint density at radius 1 is 1.38 bits per heavy atom. The summed E-state index contributed by atoms with van der Waals surface area (Å²) in [4.78, 5) is 14.2. The molecule has 1 aliphatic rings. The van der Waals surface area contributed by atoms with Gasteiger partial charge < -0.3 is 9.47 Å². The Kier molecular flexibility index (Phi) is 6.27. The van der Waals surface area contributed by atoms with Crippen LogP contribution in [-0.2, 0) is 26.1 Å². The van der Waals surface area contributed by atoms with Crippen molar-refractivity contribution in [1.29, 1.82) is 0 Å². The van der Waals surface area contributed by atoms with Crippen molar-refractivity contribution in [3.63, 3.8) is 0 Å². The number of nitrogens with one attached hydrogen (secondary N) is 2. The van der Waals surface area contributed by atoms with Crippen molar-refractivity contribution in [2.24, 2.45) is 0 Å². The second kappa shape index (κ2) is 8.02. The highest BCUT2D eigenvalue weighted by Gasteiger charge is 2.28. The maximum Gasteiger partial charge on any atom is 0.269 e. The van der Waals surface area contributed by atoms with Gasteiger partial charge in [-0.3, -0.25) is 10.2 Å². The number of hydrazine groups is 1. The van der Waals surface area contributed by atoms with Crippen LogP contribution in [0.25, 0.3) is 0 Å². The van der Waals surface area contributed by atoms with Crippen molar-refractivity contribution in [3.05, 3.63) is 34.6 Å². The number of aryl methyl sites for hydroxylation is 1. The summed E-state index contributed by atoms with van der Waals surface area (Å²) < 4.78 is 48.5. The zero-order chi connectivity index (χ0) is 17.7. The summed E-state index contributed by atoms with van der Waals surface area (Å²) in [5, 5.41) is -0.641. The molecule has 134 valence electrons. The first-order valence-corrected chi connectivity index (χ1v) is 9.06. The highest BCUT2D eigenvalue weighted by atomic mass is 32.2. The number of amides is 1. The fraction of sp³-hybridized carbons (Fsp3) is 0.533. The molecule has 2 N–H and O–H groups in total. The molecule has 0 saturated carbocycles. The Bertz CT molecular complexity index is 702. The molecule has 9 heteroatoms. The lowest BCUT2D eigenvalue weighted by atomic mass is 10.1. The predicted octanol–water partition coefficient (Wildman–Crippen LogP) is 1.02. The lowest BCUT2D eigenvalue weighted by Gasteiger charge is -2.22. The van der Waals surface area contributed by atoms with Crippen LogP contribution in [0.2, 0.25) is 0 Å². The van der Waals surface area contributed by atoms with E-state index >= 15 is 0 Å². The van der Waals surface area contributed by atoms with Crippen LogP contribution in [0.5, 0.6) is 0 Å². The Morgan fingerprint density at radius 3 is 2.67 bits per heavy atom. The summed E-state index contributed by atoms with van der Waals surface area (Å²) in [6.45, 7) is 2.45. The Balaban J connectivity index is 2.09.